The van der Waals surface area contributed by atoms with Crippen molar-refractivity contribution in [2.75, 3.05) is 0 Å². The number of rotatable bonds is 4. The van der Waals surface area contributed by atoms with Crippen molar-refractivity contribution in [3.05, 3.63) is 87.1 Å². The van der Waals surface area contributed by atoms with Crippen LogP contribution >= 0.6 is 23.2 Å². The van der Waals surface area contributed by atoms with Gasteiger partial charge in [-0.25, -0.2) is 0 Å². The highest BCUT2D eigenvalue weighted by molar-refractivity contribution is 6.30. The fraction of sp³-hybridized carbons (Fsp3) is 0.308. The van der Waals surface area contributed by atoms with E-state index in [0.29, 0.717) is 40.6 Å². The summed E-state index contributed by atoms with van der Waals surface area (Å²) in [4.78, 5) is 26.2. The third kappa shape index (κ3) is 4.94. The molecule has 0 radical (unpaired) electrons. The Hall–Kier alpha value is -2.36. The van der Waals surface area contributed by atoms with Crippen molar-refractivity contribution in [2.45, 2.75) is 33.1 Å². The Morgan fingerprint density at radius 3 is 2.23 bits per heavy atom. The first kappa shape index (κ1) is 21.9. The number of hydrogen-bond donors (Lipinski definition) is 0. The van der Waals surface area contributed by atoms with Crippen molar-refractivity contribution in [3.63, 3.8) is 0 Å². The molecule has 2 atom stereocenters. The van der Waals surface area contributed by atoms with Gasteiger partial charge >= 0.3 is 5.97 Å². The van der Waals surface area contributed by atoms with Gasteiger partial charge in [0.05, 0.1) is 5.92 Å². The minimum atomic E-state index is -0.478. The number of hydrogen-bond acceptors (Lipinski definition) is 3. The molecule has 5 heteroatoms. The van der Waals surface area contributed by atoms with Gasteiger partial charge < -0.3 is 4.74 Å². The van der Waals surface area contributed by atoms with E-state index < -0.39 is 5.92 Å². The lowest BCUT2D eigenvalue weighted by Crippen LogP contribution is -2.40. The lowest BCUT2D eigenvalue weighted by Gasteiger charge is -2.39. The van der Waals surface area contributed by atoms with Crippen molar-refractivity contribution in [1.82, 2.24) is 0 Å². The number of carbonyl (C=O) groups excluding carboxylic acids is 2. The summed E-state index contributed by atoms with van der Waals surface area (Å²) in [6.45, 7) is 4.06. The van der Waals surface area contributed by atoms with Gasteiger partial charge in [-0.1, -0.05) is 73.5 Å². The quantitative estimate of drug-likeness (QED) is 0.483. The maximum atomic E-state index is 13.1. The molecule has 1 aliphatic heterocycles. The molecule has 3 nitrogen and oxygen atoms in total. The zero-order valence-electron chi connectivity index (χ0n) is 17.5. The van der Waals surface area contributed by atoms with Crippen molar-refractivity contribution in [1.29, 1.82) is 0 Å². The van der Waals surface area contributed by atoms with Gasteiger partial charge in [-0.3, -0.25) is 9.59 Å². The van der Waals surface area contributed by atoms with Gasteiger partial charge in [-0.15, -0.1) is 0 Å². The Morgan fingerprint density at radius 2 is 1.58 bits per heavy atom. The molecule has 1 aliphatic carbocycles. The lowest BCUT2D eigenvalue weighted by molar-refractivity contribution is -0.149. The molecule has 1 heterocycles. The molecule has 4 rings (SSSR count). The second-order valence-corrected chi connectivity index (χ2v) is 9.95. The molecule has 0 N–H and O–H groups in total. The fourth-order valence-corrected chi connectivity index (χ4v) is 4.64. The van der Waals surface area contributed by atoms with E-state index in [0.717, 1.165) is 11.1 Å². The maximum absolute atomic E-state index is 13.1. The predicted molar refractivity (Wildman–Crippen MR) is 124 cm³/mol. The molecule has 0 spiro atoms. The Kier molecular flexibility index (Phi) is 6.09. The minimum absolute atomic E-state index is 0.0608. The van der Waals surface area contributed by atoms with Crippen LogP contribution in [0.1, 0.15) is 37.8 Å². The maximum Gasteiger partial charge on any atom is 0.315 e. The third-order valence-corrected chi connectivity index (χ3v) is 6.41. The van der Waals surface area contributed by atoms with Gasteiger partial charge in [0.25, 0.3) is 0 Å². The molecule has 0 bridgehead atoms. The number of carbonyl (C=O) groups is 2. The first-order valence-corrected chi connectivity index (χ1v) is 11.1. The lowest BCUT2D eigenvalue weighted by atomic mass is 9.69. The van der Waals surface area contributed by atoms with Crippen LogP contribution in [0.3, 0.4) is 0 Å². The SMILES string of the molecule is CC1(C)CC(=O)C2=C(C1)OC(=O)[C@H](Cc1ccc(Cl)cc1)[C@@H]2/C=C/c1ccc(Cl)cc1. The van der Waals surface area contributed by atoms with Crippen molar-refractivity contribution < 1.29 is 14.3 Å². The standard InChI is InChI=1S/C26H24Cl2O3/c1-26(2)14-22(29)24-20(12-7-16-3-8-18(27)9-4-16)21(25(30)31-23(24)15-26)13-17-5-10-19(28)11-6-17/h3-12,20-21H,13-15H2,1-2H3/b12-7+/t20-,21+/m0/s1. The van der Waals surface area contributed by atoms with Gasteiger partial charge in [0.1, 0.15) is 5.76 Å². The summed E-state index contributed by atoms with van der Waals surface area (Å²) in [5.41, 5.74) is 2.36. The van der Waals surface area contributed by atoms with E-state index >= 15 is 0 Å². The smallest absolute Gasteiger partial charge is 0.315 e. The topological polar surface area (TPSA) is 43.4 Å². The summed E-state index contributed by atoms with van der Waals surface area (Å²) >= 11 is 12.0. The molecule has 0 amide bonds. The molecular weight excluding hydrogens is 431 g/mol. The van der Waals surface area contributed by atoms with Crippen LogP contribution in [-0.4, -0.2) is 11.8 Å². The van der Waals surface area contributed by atoms with Gasteiger partial charge in [-0.05, 0) is 47.2 Å². The zero-order chi connectivity index (χ0) is 22.2. The predicted octanol–water partition coefficient (Wildman–Crippen LogP) is 6.68. The Morgan fingerprint density at radius 1 is 0.968 bits per heavy atom. The number of ketones is 1. The molecule has 0 saturated carbocycles. The molecular formula is C26H24Cl2O3. The second-order valence-electron chi connectivity index (χ2n) is 9.07. The monoisotopic (exact) mass is 454 g/mol. The highest BCUT2D eigenvalue weighted by Crippen LogP contribution is 2.45. The summed E-state index contributed by atoms with van der Waals surface area (Å²) in [7, 11) is 0. The molecule has 2 aromatic rings. The highest BCUT2D eigenvalue weighted by atomic mass is 35.5. The van der Waals surface area contributed by atoms with Crippen LogP contribution in [0.25, 0.3) is 6.08 Å². The van der Waals surface area contributed by atoms with E-state index in [-0.39, 0.29) is 23.1 Å². The third-order valence-electron chi connectivity index (χ3n) is 5.91. The van der Waals surface area contributed by atoms with E-state index in [1.807, 2.05) is 74.5 Å². The van der Waals surface area contributed by atoms with Crippen LogP contribution in [0.2, 0.25) is 10.0 Å². The molecule has 0 fully saturated rings. The number of esters is 1. The van der Waals surface area contributed by atoms with Crippen LogP contribution < -0.4 is 0 Å². The Balaban J connectivity index is 1.73. The van der Waals surface area contributed by atoms with Crippen molar-refractivity contribution >= 4 is 41.0 Å². The fourth-order valence-electron chi connectivity index (χ4n) is 4.39. The molecule has 0 saturated heterocycles. The van der Waals surface area contributed by atoms with Crippen molar-refractivity contribution in [3.8, 4) is 0 Å². The molecule has 2 aromatic carbocycles. The van der Waals surface area contributed by atoms with Crippen LogP contribution in [0.15, 0.2) is 65.9 Å². The number of halogens is 2. The van der Waals surface area contributed by atoms with E-state index in [1.165, 1.54) is 0 Å². The normalized spacial score (nSPS) is 23.1. The summed E-state index contributed by atoms with van der Waals surface area (Å²) in [5.74, 6) is -0.514. The van der Waals surface area contributed by atoms with Crippen LogP contribution in [0.5, 0.6) is 0 Å². The molecule has 0 aromatic heterocycles. The molecule has 160 valence electrons. The first-order valence-electron chi connectivity index (χ1n) is 10.4. The zero-order valence-corrected chi connectivity index (χ0v) is 19.0. The summed E-state index contributed by atoms with van der Waals surface area (Å²) in [6.07, 6.45) is 5.42. The largest absolute Gasteiger partial charge is 0.430 e. The van der Waals surface area contributed by atoms with E-state index in [4.69, 9.17) is 27.9 Å². The van der Waals surface area contributed by atoms with Crippen LogP contribution in [-0.2, 0) is 20.7 Å². The molecule has 0 unspecified atom stereocenters. The van der Waals surface area contributed by atoms with Gasteiger partial charge in [-0.2, -0.15) is 0 Å². The summed E-state index contributed by atoms with van der Waals surface area (Å²) in [5, 5.41) is 1.30. The number of Topliss-reactive ketones (excluding diaryl/α,β-unsaturated/α-hetero) is 1. The van der Waals surface area contributed by atoms with E-state index in [9.17, 15) is 9.59 Å². The summed E-state index contributed by atoms with van der Waals surface area (Å²) < 4.78 is 5.75. The number of allylic oxidation sites excluding steroid dienone is 3. The van der Waals surface area contributed by atoms with Crippen molar-refractivity contribution in [2.24, 2.45) is 17.3 Å². The minimum Gasteiger partial charge on any atom is -0.430 e. The Bertz CT molecular complexity index is 1060. The van der Waals surface area contributed by atoms with Gasteiger partial charge in [0, 0.05) is 34.4 Å². The molecule has 31 heavy (non-hydrogen) atoms. The number of ether oxygens (including phenoxy) is 1. The summed E-state index contributed by atoms with van der Waals surface area (Å²) in [6, 6.07) is 14.9. The van der Waals surface area contributed by atoms with Gasteiger partial charge in [0.2, 0.25) is 0 Å². The second kappa shape index (κ2) is 8.64. The molecule has 2 aliphatic rings. The van der Waals surface area contributed by atoms with Crippen LogP contribution in [0.4, 0.5) is 0 Å². The average molecular weight is 455 g/mol. The van der Waals surface area contributed by atoms with E-state index in [2.05, 4.69) is 0 Å². The Labute approximate surface area is 192 Å². The average Bonchev–Trinajstić information content (AvgIpc) is 2.69. The first-order chi connectivity index (χ1) is 14.7. The number of benzene rings is 2. The van der Waals surface area contributed by atoms with Crippen LogP contribution in [0, 0.1) is 17.3 Å². The van der Waals surface area contributed by atoms with E-state index in [1.54, 1.807) is 0 Å². The highest BCUT2D eigenvalue weighted by Gasteiger charge is 2.45. The van der Waals surface area contributed by atoms with Gasteiger partial charge in [0.15, 0.2) is 5.78 Å².